The second-order valence-electron chi connectivity index (χ2n) is 4.80. The maximum atomic E-state index is 13.6. The molecule has 0 unspecified atom stereocenters. The summed E-state index contributed by atoms with van der Waals surface area (Å²) in [7, 11) is 0. The Morgan fingerprint density at radius 1 is 1.09 bits per heavy atom. The van der Waals surface area contributed by atoms with Gasteiger partial charge in [-0.15, -0.1) is 0 Å². The van der Waals surface area contributed by atoms with Gasteiger partial charge in [-0.05, 0) is 35.9 Å². The number of carbonyl (C=O) groups excluding carboxylic acids is 2. The molecule has 0 radical (unpaired) electrons. The van der Waals surface area contributed by atoms with Gasteiger partial charge in [-0.1, -0.05) is 29.3 Å². The predicted octanol–water partition coefficient (Wildman–Crippen LogP) is 4.27. The average Bonchev–Trinajstić information content (AvgIpc) is 2.46. The van der Waals surface area contributed by atoms with E-state index in [1.54, 1.807) is 18.2 Å². The van der Waals surface area contributed by atoms with Gasteiger partial charge in [-0.3, -0.25) is 9.59 Å². The van der Waals surface area contributed by atoms with Crippen molar-refractivity contribution in [2.24, 2.45) is 0 Å². The van der Waals surface area contributed by atoms with E-state index >= 15 is 0 Å². The van der Waals surface area contributed by atoms with E-state index in [0.29, 0.717) is 21.3 Å². The number of nitrogens with one attached hydrogen (secondary N) is 2. The monoisotopic (exact) mass is 354 g/mol. The van der Waals surface area contributed by atoms with Gasteiger partial charge in [0.15, 0.2) is 0 Å². The third-order valence-corrected chi connectivity index (χ3v) is 3.67. The lowest BCUT2D eigenvalue weighted by Crippen LogP contribution is -2.15. The van der Waals surface area contributed by atoms with Crippen LogP contribution in [0.25, 0.3) is 0 Å². The van der Waals surface area contributed by atoms with Crippen molar-refractivity contribution in [1.29, 1.82) is 0 Å². The van der Waals surface area contributed by atoms with Crippen LogP contribution in [0.5, 0.6) is 0 Å². The molecule has 0 saturated heterocycles. The van der Waals surface area contributed by atoms with E-state index in [4.69, 9.17) is 23.2 Å². The first kappa shape index (κ1) is 17.2. The first-order valence-corrected chi connectivity index (χ1v) is 7.42. The van der Waals surface area contributed by atoms with E-state index in [0.717, 1.165) is 6.07 Å². The standard InChI is InChI=1S/C16H13Cl2FN2O2/c1-9(22)20-15-7-10(5-6-14(15)19)21-16(23)8-11-12(17)3-2-4-13(11)18/h2-7H,8H2,1H3,(H,20,22)(H,21,23). The molecule has 0 saturated carbocycles. The van der Waals surface area contributed by atoms with Crippen molar-refractivity contribution >= 4 is 46.4 Å². The lowest BCUT2D eigenvalue weighted by atomic mass is 10.1. The Morgan fingerprint density at radius 3 is 2.35 bits per heavy atom. The van der Waals surface area contributed by atoms with Crippen molar-refractivity contribution in [3.8, 4) is 0 Å². The molecular weight excluding hydrogens is 342 g/mol. The van der Waals surface area contributed by atoms with Crippen molar-refractivity contribution in [3.05, 3.63) is 57.8 Å². The minimum absolute atomic E-state index is 0.00826. The molecule has 4 nitrogen and oxygen atoms in total. The molecule has 2 amide bonds. The Bertz CT molecular complexity index is 745. The van der Waals surface area contributed by atoms with Gasteiger partial charge in [0.2, 0.25) is 11.8 Å². The number of halogens is 3. The summed E-state index contributed by atoms with van der Waals surface area (Å²) in [5, 5.41) is 5.75. The van der Waals surface area contributed by atoms with Gasteiger partial charge in [-0.25, -0.2) is 4.39 Å². The number of hydrogen-bond acceptors (Lipinski definition) is 2. The Morgan fingerprint density at radius 2 is 1.74 bits per heavy atom. The molecule has 0 aliphatic rings. The number of hydrogen-bond donors (Lipinski definition) is 2. The van der Waals surface area contributed by atoms with Crippen molar-refractivity contribution in [2.75, 3.05) is 10.6 Å². The fourth-order valence-corrected chi connectivity index (χ4v) is 2.49. The Balaban J connectivity index is 2.13. The summed E-state index contributed by atoms with van der Waals surface area (Å²) in [5.74, 6) is -1.36. The van der Waals surface area contributed by atoms with Crippen LogP contribution in [-0.4, -0.2) is 11.8 Å². The minimum Gasteiger partial charge on any atom is -0.326 e. The molecule has 120 valence electrons. The number of anilines is 2. The van der Waals surface area contributed by atoms with Gasteiger partial charge in [0, 0.05) is 22.7 Å². The van der Waals surface area contributed by atoms with Crippen LogP contribution < -0.4 is 10.6 Å². The zero-order chi connectivity index (χ0) is 17.0. The van der Waals surface area contributed by atoms with E-state index < -0.39 is 11.7 Å². The molecular formula is C16H13Cl2FN2O2. The molecule has 2 aromatic carbocycles. The second kappa shape index (κ2) is 7.44. The molecule has 0 spiro atoms. The van der Waals surface area contributed by atoms with Crippen LogP contribution in [0.15, 0.2) is 36.4 Å². The summed E-state index contributed by atoms with van der Waals surface area (Å²) in [5.41, 5.74) is 0.854. The summed E-state index contributed by atoms with van der Waals surface area (Å²) in [6.45, 7) is 1.27. The minimum atomic E-state index is -0.590. The Labute approximate surface area is 142 Å². The lowest BCUT2D eigenvalue weighted by molar-refractivity contribution is -0.115. The predicted molar refractivity (Wildman–Crippen MR) is 89.5 cm³/mol. The van der Waals surface area contributed by atoms with Gasteiger partial charge >= 0.3 is 0 Å². The summed E-state index contributed by atoms with van der Waals surface area (Å²) < 4.78 is 13.6. The number of rotatable bonds is 4. The zero-order valence-electron chi connectivity index (χ0n) is 12.1. The highest BCUT2D eigenvalue weighted by Gasteiger charge is 2.12. The number of carbonyl (C=O) groups is 2. The average molecular weight is 355 g/mol. The van der Waals surface area contributed by atoms with Crippen LogP contribution in [-0.2, 0) is 16.0 Å². The molecule has 2 aromatic rings. The second-order valence-corrected chi connectivity index (χ2v) is 5.62. The first-order valence-electron chi connectivity index (χ1n) is 6.66. The summed E-state index contributed by atoms with van der Waals surface area (Å²) in [6, 6.07) is 8.86. The summed E-state index contributed by atoms with van der Waals surface area (Å²) in [6.07, 6.45) is -0.0225. The van der Waals surface area contributed by atoms with Crippen LogP contribution in [0.2, 0.25) is 10.0 Å². The van der Waals surface area contributed by atoms with Crippen LogP contribution in [0.3, 0.4) is 0 Å². The van der Waals surface area contributed by atoms with Crippen LogP contribution >= 0.6 is 23.2 Å². The first-order chi connectivity index (χ1) is 10.9. The number of benzene rings is 2. The van der Waals surface area contributed by atoms with Crippen LogP contribution in [0, 0.1) is 5.82 Å². The fourth-order valence-electron chi connectivity index (χ4n) is 1.96. The molecule has 0 aromatic heterocycles. The molecule has 0 atom stereocenters. The van der Waals surface area contributed by atoms with Crippen molar-refractivity contribution < 1.29 is 14.0 Å². The molecule has 0 aliphatic heterocycles. The molecule has 2 N–H and O–H groups in total. The smallest absolute Gasteiger partial charge is 0.228 e. The highest BCUT2D eigenvalue weighted by molar-refractivity contribution is 6.36. The maximum Gasteiger partial charge on any atom is 0.228 e. The molecule has 0 heterocycles. The van der Waals surface area contributed by atoms with Gasteiger partial charge in [0.25, 0.3) is 0 Å². The third-order valence-electron chi connectivity index (χ3n) is 2.96. The lowest BCUT2D eigenvalue weighted by Gasteiger charge is -2.10. The third kappa shape index (κ3) is 4.68. The van der Waals surface area contributed by atoms with Crippen molar-refractivity contribution in [3.63, 3.8) is 0 Å². The molecule has 0 fully saturated rings. The van der Waals surface area contributed by atoms with E-state index in [9.17, 15) is 14.0 Å². The fraction of sp³-hybridized carbons (Fsp3) is 0.125. The normalized spacial score (nSPS) is 10.3. The van der Waals surface area contributed by atoms with Gasteiger partial charge in [-0.2, -0.15) is 0 Å². The summed E-state index contributed by atoms with van der Waals surface area (Å²) in [4.78, 5) is 23.1. The molecule has 7 heteroatoms. The van der Waals surface area contributed by atoms with Crippen LogP contribution in [0.1, 0.15) is 12.5 Å². The molecule has 2 rings (SSSR count). The van der Waals surface area contributed by atoms with Gasteiger partial charge < -0.3 is 10.6 Å². The Kier molecular flexibility index (Phi) is 5.58. The van der Waals surface area contributed by atoms with Crippen molar-refractivity contribution in [1.82, 2.24) is 0 Å². The topological polar surface area (TPSA) is 58.2 Å². The van der Waals surface area contributed by atoms with Crippen molar-refractivity contribution in [2.45, 2.75) is 13.3 Å². The highest BCUT2D eigenvalue weighted by Crippen LogP contribution is 2.25. The Hall–Kier alpha value is -2.11. The molecule has 0 aliphatic carbocycles. The van der Waals surface area contributed by atoms with Gasteiger partial charge in [0.05, 0.1) is 12.1 Å². The van der Waals surface area contributed by atoms with E-state index in [1.165, 1.54) is 19.1 Å². The summed E-state index contributed by atoms with van der Waals surface area (Å²) >= 11 is 12.0. The quantitative estimate of drug-likeness (QED) is 0.861. The van der Waals surface area contributed by atoms with Gasteiger partial charge in [0.1, 0.15) is 5.82 Å². The number of amides is 2. The maximum absolute atomic E-state index is 13.6. The SMILES string of the molecule is CC(=O)Nc1cc(NC(=O)Cc2c(Cl)cccc2Cl)ccc1F. The largest absolute Gasteiger partial charge is 0.326 e. The molecule has 0 bridgehead atoms. The van der Waals surface area contributed by atoms with E-state index in [1.807, 2.05) is 0 Å². The molecule has 23 heavy (non-hydrogen) atoms. The van der Waals surface area contributed by atoms with E-state index in [-0.39, 0.29) is 18.0 Å². The highest BCUT2D eigenvalue weighted by atomic mass is 35.5. The zero-order valence-corrected chi connectivity index (χ0v) is 13.6. The van der Waals surface area contributed by atoms with Crippen LogP contribution in [0.4, 0.5) is 15.8 Å². The van der Waals surface area contributed by atoms with E-state index in [2.05, 4.69) is 10.6 Å².